The number of hydrogen-bond donors (Lipinski definition) is 2. The van der Waals surface area contributed by atoms with Gasteiger partial charge in [-0.25, -0.2) is 5.43 Å². The van der Waals surface area contributed by atoms with Gasteiger partial charge in [-0.1, -0.05) is 44.2 Å². The summed E-state index contributed by atoms with van der Waals surface area (Å²) in [5.74, 6) is -0.0329. The molecule has 2 rings (SSSR count). The van der Waals surface area contributed by atoms with Crippen molar-refractivity contribution in [2.24, 2.45) is 11.0 Å². The Morgan fingerprint density at radius 3 is 2.33 bits per heavy atom. The Kier molecular flexibility index (Phi) is 6.25. The lowest BCUT2D eigenvalue weighted by atomic mass is 10.1. The molecule has 2 aromatic carbocycles. The molecular formula is C19H21N3O2. The smallest absolute Gasteiger partial charge is 0.271 e. The zero-order valence-electron chi connectivity index (χ0n) is 13.8. The molecule has 2 amide bonds. The molecule has 2 aromatic rings. The molecule has 0 aliphatic rings. The molecule has 0 aromatic heterocycles. The maximum Gasteiger partial charge on any atom is 0.271 e. The average molecular weight is 323 g/mol. The molecule has 5 nitrogen and oxygen atoms in total. The van der Waals surface area contributed by atoms with Gasteiger partial charge in [0.2, 0.25) is 5.91 Å². The molecule has 0 saturated heterocycles. The van der Waals surface area contributed by atoms with E-state index in [1.165, 1.54) is 0 Å². The van der Waals surface area contributed by atoms with Crippen LogP contribution in [0, 0.1) is 5.92 Å². The lowest BCUT2D eigenvalue weighted by Gasteiger charge is -2.07. The summed E-state index contributed by atoms with van der Waals surface area (Å²) in [7, 11) is 0. The number of carbonyl (C=O) groups excluding carboxylic acids is 2. The maximum atomic E-state index is 12.0. The molecule has 124 valence electrons. The van der Waals surface area contributed by atoms with Gasteiger partial charge in [0.25, 0.3) is 5.91 Å². The first kappa shape index (κ1) is 17.4. The monoisotopic (exact) mass is 323 g/mol. The summed E-state index contributed by atoms with van der Waals surface area (Å²) < 4.78 is 0. The highest BCUT2D eigenvalue weighted by Crippen LogP contribution is 2.11. The topological polar surface area (TPSA) is 70.6 Å². The summed E-state index contributed by atoms with van der Waals surface area (Å²) >= 11 is 0. The molecule has 0 spiro atoms. The first-order valence-corrected chi connectivity index (χ1v) is 7.83. The Labute approximate surface area is 141 Å². The molecule has 0 aliphatic heterocycles. The average Bonchev–Trinajstić information content (AvgIpc) is 2.55. The fraction of sp³-hybridized carbons (Fsp3) is 0.211. The van der Waals surface area contributed by atoms with E-state index in [0.717, 1.165) is 5.56 Å². The van der Waals surface area contributed by atoms with Crippen LogP contribution in [0.5, 0.6) is 0 Å². The van der Waals surface area contributed by atoms with Crippen molar-refractivity contribution in [1.29, 1.82) is 0 Å². The van der Waals surface area contributed by atoms with E-state index in [4.69, 9.17) is 0 Å². The second-order valence-corrected chi connectivity index (χ2v) is 5.83. The van der Waals surface area contributed by atoms with Gasteiger partial charge < -0.3 is 5.32 Å². The van der Waals surface area contributed by atoms with Gasteiger partial charge in [0.15, 0.2) is 0 Å². The zero-order chi connectivity index (χ0) is 17.4. The molecule has 2 N–H and O–H groups in total. The minimum absolute atomic E-state index is 0.0327. The maximum absolute atomic E-state index is 12.0. The third-order valence-corrected chi connectivity index (χ3v) is 3.20. The van der Waals surface area contributed by atoms with E-state index < -0.39 is 0 Å². The molecule has 5 heteroatoms. The van der Waals surface area contributed by atoms with Crippen molar-refractivity contribution in [2.75, 3.05) is 5.32 Å². The normalized spacial score (nSPS) is 10.8. The summed E-state index contributed by atoms with van der Waals surface area (Å²) in [4.78, 5) is 23.7. The Balaban J connectivity index is 1.89. The quantitative estimate of drug-likeness (QED) is 0.631. The predicted molar refractivity (Wildman–Crippen MR) is 96.0 cm³/mol. The third kappa shape index (κ3) is 5.68. The van der Waals surface area contributed by atoms with Crippen LogP contribution >= 0.6 is 0 Å². The minimum Gasteiger partial charge on any atom is -0.326 e. The standard InChI is InChI=1S/C19H21N3O2/c1-14(2)12-18(23)21-17-10-8-16(9-11-17)19(24)22-20-13-15-6-4-3-5-7-15/h3-11,13-14H,12H2,1-2H3,(H,21,23)(H,22,24). The van der Waals surface area contributed by atoms with Gasteiger partial charge >= 0.3 is 0 Å². The number of amides is 2. The zero-order valence-corrected chi connectivity index (χ0v) is 13.8. The van der Waals surface area contributed by atoms with Crippen molar-refractivity contribution in [3.8, 4) is 0 Å². The number of nitrogens with zero attached hydrogens (tertiary/aromatic N) is 1. The lowest BCUT2D eigenvalue weighted by molar-refractivity contribution is -0.116. The summed E-state index contributed by atoms with van der Waals surface area (Å²) in [6, 6.07) is 16.2. The molecule has 0 saturated carbocycles. The van der Waals surface area contributed by atoms with Gasteiger partial charge in [0.05, 0.1) is 6.21 Å². The molecule has 0 heterocycles. The van der Waals surface area contributed by atoms with E-state index in [-0.39, 0.29) is 11.8 Å². The van der Waals surface area contributed by atoms with Crippen LogP contribution in [0.4, 0.5) is 5.69 Å². The van der Waals surface area contributed by atoms with E-state index in [2.05, 4.69) is 15.8 Å². The van der Waals surface area contributed by atoms with Crippen LogP contribution in [-0.2, 0) is 4.79 Å². The van der Waals surface area contributed by atoms with E-state index in [0.29, 0.717) is 23.6 Å². The van der Waals surface area contributed by atoms with E-state index in [1.54, 1.807) is 30.5 Å². The van der Waals surface area contributed by atoms with Gasteiger partial charge in [-0.2, -0.15) is 5.10 Å². The molecule has 0 unspecified atom stereocenters. The van der Waals surface area contributed by atoms with Crippen LogP contribution in [0.1, 0.15) is 36.2 Å². The largest absolute Gasteiger partial charge is 0.326 e. The van der Waals surface area contributed by atoms with Gasteiger partial charge in [-0.3, -0.25) is 9.59 Å². The number of anilines is 1. The highest BCUT2D eigenvalue weighted by atomic mass is 16.2. The number of rotatable bonds is 6. The number of benzene rings is 2. The van der Waals surface area contributed by atoms with Gasteiger partial charge in [-0.15, -0.1) is 0 Å². The minimum atomic E-state index is -0.303. The Bertz CT molecular complexity index is 707. The van der Waals surface area contributed by atoms with E-state index >= 15 is 0 Å². The Morgan fingerprint density at radius 1 is 1.04 bits per heavy atom. The number of nitrogens with one attached hydrogen (secondary N) is 2. The summed E-state index contributed by atoms with van der Waals surface area (Å²) in [6.07, 6.45) is 2.05. The molecule has 0 aliphatic carbocycles. The summed E-state index contributed by atoms with van der Waals surface area (Å²) in [5, 5.41) is 6.73. The number of hydrogen-bond acceptors (Lipinski definition) is 3. The fourth-order valence-electron chi connectivity index (χ4n) is 2.06. The molecule has 24 heavy (non-hydrogen) atoms. The van der Waals surface area contributed by atoms with Gasteiger partial charge in [0.1, 0.15) is 0 Å². The van der Waals surface area contributed by atoms with Crippen LogP contribution in [0.15, 0.2) is 59.7 Å². The van der Waals surface area contributed by atoms with Crippen molar-refractivity contribution >= 4 is 23.7 Å². The van der Waals surface area contributed by atoms with Crippen LogP contribution in [0.2, 0.25) is 0 Å². The number of carbonyl (C=O) groups is 2. The second-order valence-electron chi connectivity index (χ2n) is 5.83. The number of hydrazone groups is 1. The van der Waals surface area contributed by atoms with Gasteiger partial charge in [0, 0.05) is 17.7 Å². The summed E-state index contributed by atoms with van der Waals surface area (Å²) in [5.41, 5.74) is 4.53. The van der Waals surface area contributed by atoms with E-state index in [9.17, 15) is 9.59 Å². The van der Waals surface area contributed by atoms with Crippen molar-refractivity contribution < 1.29 is 9.59 Å². The van der Waals surface area contributed by atoms with Crippen LogP contribution in [0.3, 0.4) is 0 Å². The summed E-state index contributed by atoms with van der Waals surface area (Å²) in [6.45, 7) is 3.98. The van der Waals surface area contributed by atoms with Crippen LogP contribution in [-0.4, -0.2) is 18.0 Å². The first-order valence-electron chi connectivity index (χ1n) is 7.83. The molecule has 0 bridgehead atoms. The molecular weight excluding hydrogens is 302 g/mol. The SMILES string of the molecule is CC(C)CC(=O)Nc1ccc(C(=O)NN=Cc2ccccc2)cc1. The highest BCUT2D eigenvalue weighted by Gasteiger charge is 2.07. The van der Waals surface area contributed by atoms with E-state index in [1.807, 2.05) is 44.2 Å². The lowest BCUT2D eigenvalue weighted by Crippen LogP contribution is -2.18. The molecule has 0 radical (unpaired) electrons. The van der Waals surface area contributed by atoms with Crippen molar-refractivity contribution in [3.63, 3.8) is 0 Å². The Hall–Kier alpha value is -2.95. The van der Waals surface area contributed by atoms with Crippen molar-refractivity contribution in [3.05, 3.63) is 65.7 Å². The highest BCUT2D eigenvalue weighted by molar-refractivity contribution is 5.96. The Morgan fingerprint density at radius 2 is 1.71 bits per heavy atom. The third-order valence-electron chi connectivity index (χ3n) is 3.20. The molecule has 0 atom stereocenters. The van der Waals surface area contributed by atoms with Crippen LogP contribution < -0.4 is 10.7 Å². The van der Waals surface area contributed by atoms with Crippen molar-refractivity contribution in [2.45, 2.75) is 20.3 Å². The van der Waals surface area contributed by atoms with Gasteiger partial charge in [-0.05, 0) is 35.7 Å². The fourth-order valence-corrected chi connectivity index (χ4v) is 2.06. The predicted octanol–water partition coefficient (Wildman–Crippen LogP) is 3.44. The second kappa shape index (κ2) is 8.62. The van der Waals surface area contributed by atoms with Crippen LogP contribution in [0.25, 0.3) is 0 Å². The first-order chi connectivity index (χ1) is 11.5. The van der Waals surface area contributed by atoms with Crippen molar-refractivity contribution in [1.82, 2.24) is 5.43 Å². The molecule has 0 fully saturated rings.